The van der Waals surface area contributed by atoms with Crippen molar-refractivity contribution in [1.82, 2.24) is 4.90 Å². The van der Waals surface area contributed by atoms with Crippen molar-refractivity contribution in [2.45, 2.75) is 25.4 Å². The summed E-state index contributed by atoms with van der Waals surface area (Å²) in [5.41, 5.74) is 2.02. The van der Waals surface area contributed by atoms with Gasteiger partial charge in [0, 0.05) is 65.2 Å². The van der Waals surface area contributed by atoms with Gasteiger partial charge in [0.25, 0.3) is 11.6 Å². The van der Waals surface area contributed by atoms with E-state index in [0.717, 1.165) is 24.1 Å². The molecule has 9 heteroatoms. The molecule has 0 radical (unpaired) electrons. The highest BCUT2D eigenvalue weighted by molar-refractivity contribution is 6.31. The smallest absolute Gasteiger partial charge is 0.269 e. The number of amides is 1. The highest BCUT2D eigenvalue weighted by Gasteiger charge is 2.30. The van der Waals surface area contributed by atoms with Gasteiger partial charge in [-0.15, -0.1) is 0 Å². The number of anilines is 1. The molecular weight excluding hydrogens is 489 g/mol. The van der Waals surface area contributed by atoms with Crippen LogP contribution in [0, 0.1) is 10.1 Å². The third kappa shape index (κ3) is 5.93. The molecule has 35 heavy (non-hydrogen) atoms. The van der Waals surface area contributed by atoms with Gasteiger partial charge in [0.15, 0.2) is 0 Å². The van der Waals surface area contributed by atoms with E-state index in [1.54, 1.807) is 37.4 Å². The Morgan fingerprint density at radius 2 is 1.83 bits per heavy atom. The molecule has 1 saturated heterocycles. The van der Waals surface area contributed by atoms with Crippen LogP contribution in [0.3, 0.4) is 0 Å². The van der Waals surface area contributed by atoms with Gasteiger partial charge in [-0.2, -0.15) is 0 Å². The summed E-state index contributed by atoms with van der Waals surface area (Å²) in [6.07, 6.45) is 1.46. The summed E-state index contributed by atoms with van der Waals surface area (Å²) in [5.74, 6) is 0.546. The summed E-state index contributed by atoms with van der Waals surface area (Å²) in [5, 5.41) is 12.2. The second-order valence-corrected chi connectivity index (χ2v) is 9.27. The highest BCUT2D eigenvalue weighted by atomic mass is 35.5. The molecule has 0 aliphatic carbocycles. The first kappa shape index (κ1) is 25.0. The number of non-ortho nitro benzene ring substituents is 1. The number of halogens is 2. The molecule has 0 bridgehead atoms. The van der Waals surface area contributed by atoms with E-state index >= 15 is 0 Å². The highest BCUT2D eigenvalue weighted by Crippen LogP contribution is 2.30. The molecule has 1 heterocycles. The Bertz CT molecular complexity index is 1230. The van der Waals surface area contributed by atoms with Crippen molar-refractivity contribution >= 4 is 40.5 Å². The van der Waals surface area contributed by atoms with Gasteiger partial charge in [-0.1, -0.05) is 35.3 Å². The summed E-state index contributed by atoms with van der Waals surface area (Å²) in [6, 6.07) is 18.9. The van der Waals surface area contributed by atoms with E-state index in [1.165, 1.54) is 12.1 Å². The van der Waals surface area contributed by atoms with Crippen molar-refractivity contribution in [3.8, 4) is 5.75 Å². The topological polar surface area (TPSA) is 75.9 Å². The molecule has 0 spiro atoms. The molecule has 1 aliphatic rings. The van der Waals surface area contributed by atoms with Crippen LogP contribution in [0.15, 0.2) is 66.7 Å². The number of nitro groups is 1. The molecule has 182 valence electrons. The number of carbonyl (C=O) groups excluding carboxylic acids is 1. The summed E-state index contributed by atoms with van der Waals surface area (Å²) in [4.78, 5) is 28.4. The zero-order valence-corrected chi connectivity index (χ0v) is 20.7. The van der Waals surface area contributed by atoms with Crippen LogP contribution in [0.5, 0.6) is 5.75 Å². The van der Waals surface area contributed by atoms with Gasteiger partial charge >= 0.3 is 0 Å². The number of piperidine rings is 1. The van der Waals surface area contributed by atoms with Crippen molar-refractivity contribution in [3.05, 3.63) is 98.0 Å². The number of hydrogen-bond acceptors (Lipinski definition) is 5. The molecule has 0 atom stereocenters. The minimum atomic E-state index is -0.417. The summed E-state index contributed by atoms with van der Waals surface area (Å²) in [7, 11) is 1.60. The fourth-order valence-electron chi connectivity index (χ4n) is 4.39. The van der Waals surface area contributed by atoms with E-state index < -0.39 is 4.92 Å². The number of methoxy groups -OCH3 is 1. The zero-order chi connectivity index (χ0) is 24.9. The number of likely N-dealkylation sites (tertiary alicyclic amines) is 1. The number of carbonyl (C=O) groups is 1. The number of hydrogen-bond donors (Lipinski definition) is 0. The Hall–Kier alpha value is -3.13. The quantitative estimate of drug-likeness (QED) is 0.276. The van der Waals surface area contributed by atoms with Crippen LogP contribution in [0.2, 0.25) is 10.0 Å². The Morgan fingerprint density at radius 1 is 1.09 bits per heavy atom. The second kappa shape index (κ2) is 11.1. The number of rotatable bonds is 7. The Kier molecular flexibility index (Phi) is 7.90. The average Bonchev–Trinajstić information content (AvgIpc) is 2.86. The lowest BCUT2D eigenvalue weighted by molar-refractivity contribution is -0.384. The van der Waals surface area contributed by atoms with E-state index in [2.05, 4.69) is 4.90 Å². The Balaban J connectivity index is 1.54. The third-order valence-electron chi connectivity index (χ3n) is 6.18. The van der Waals surface area contributed by atoms with Crippen LogP contribution in [0.4, 0.5) is 11.4 Å². The predicted molar refractivity (Wildman–Crippen MR) is 138 cm³/mol. The maximum Gasteiger partial charge on any atom is 0.269 e. The number of ether oxygens (including phenoxy) is 1. The Labute approximate surface area is 214 Å². The van der Waals surface area contributed by atoms with Crippen LogP contribution in [-0.2, 0) is 6.54 Å². The molecule has 1 fully saturated rings. The van der Waals surface area contributed by atoms with Crippen LogP contribution in [0.25, 0.3) is 0 Å². The summed E-state index contributed by atoms with van der Waals surface area (Å²) < 4.78 is 5.39. The van der Waals surface area contributed by atoms with Crippen molar-refractivity contribution in [2.24, 2.45) is 0 Å². The van der Waals surface area contributed by atoms with Gasteiger partial charge in [0.1, 0.15) is 5.75 Å². The van der Waals surface area contributed by atoms with E-state index in [1.807, 2.05) is 29.2 Å². The standard InChI is InChI=1S/C26H25Cl2N3O4/c1-35-24-7-3-6-22(16-24)30(26(32)18-4-2-5-20(27)14-18)21-10-12-29(13-11-21)17-19-15-23(31(33)34)8-9-25(19)28/h2-9,14-16,21H,10-13,17H2,1H3. The van der Waals surface area contributed by atoms with Crippen LogP contribution < -0.4 is 9.64 Å². The fraction of sp³-hybridized carbons (Fsp3) is 0.269. The summed E-state index contributed by atoms with van der Waals surface area (Å²) >= 11 is 12.5. The molecule has 0 N–H and O–H groups in total. The first-order valence-electron chi connectivity index (χ1n) is 11.2. The molecule has 1 aliphatic heterocycles. The average molecular weight is 514 g/mol. The molecule has 7 nitrogen and oxygen atoms in total. The van der Waals surface area contributed by atoms with Gasteiger partial charge in [0.2, 0.25) is 0 Å². The van der Waals surface area contributed by atoms with Crippen LogP contribution in [0.1, 0.15) is 28.8 Å². The zero-order valence-electron chi connectivity index (χ0n) is 19.2. The van der Waals surface area contributed by atoms with E-state index in [4.69, 9.17) is 27.9 Å². The molecule has 0 aromatic heterocycles. The van der Waals surface area contributed by atoms with Crippen LogP contribution in [-0.4, -0.2) is 42.0 Å². The van der Waals surface area contributed by atoms with Gasteiger partial charge in [-0.25, -0.2) is 0 Å². The van der Waals surface area contributed by atoms with Crippen molar-refractivity contribution in [1.29, 1.82) is 0 Å². The summed E-state index contributed by atoms with van der Waals surface area (Å²) in [6.45, 7) is 1.94. The van der Waals surface area contributed by atoms with Crippen LogP contribution >= 0.6 is 23.2 Å². The van der Waals surface area contributed by atoms with Crippen molar-refractivity contribution in [3.63, 3.8) is 0 Å². The first-order chi connectivity index (χ1) is 16.9. The molecule has 3 aromatic carbocycles. The molecule has 0 unspecified atom stereocenters. The third-order valence-corrected chi connectivity index (χ3v) is 6.78. The van der Waals surface area contributed by atoms with E-state index in [9.17, 15) is 14.9 Å². The number of nitrogens with zero attached hydrogens (tertiary/aromatic N) is 3. The fourth-order valence-corrected chi connectivity index (χ4v) is 4.75. The lowest BCUT2D eigenvalue weighted by Gasteiger charge is -2.39. The molecule has 3 aromatic rings. The molecule has 4 rings (SSSR count). The minimum Gasteiger partial charge on any atom is -0.497 e. The maximum absolute atomic E-state index is 13.6. The predicted octanol–water partition coefficient (Wildman–Crippen LogP) is 6.22. The van der Waals surface area contributed by atoms with Gasteiger partial charge in [-0.3, -0.25) is 19.8 Å². The van der Waals surface area contributed by atoms with Crippen molar-refractivity contribution in [2.75, 3.05) is 25.1 Å². The van der Waals surface area contributed by atoms with E-state index in [0.29, 0.717) is 41.0 Å². The monoisotopic (exact) mass is 513 g/mol. The van der Waals surface area contributed by atoms with Gasteiger partial charge < -0.3 is 9.64 Å². The van der Waals surface area contributed by atoms with Gasteiger partial charge in [-0.05, 0) is 54.8 Å². The SMILES string of the molecule is COc1cccc(N(C(=O)c2cccc(Cl)c2)C2CCN(Cc3cc([N+](=O)[O-])ccc3Cl)CC2)c1. The number of benzene rings is 3. The lowest BCUT2D eigenvalue weighted by atomic mass is 10.00. The first-order valence-corrected chi connectivity index (χ1v) is 12.0. The molecule has 1 amide bonds. The minimum absolute atomic E-state index is 0.0237. The largest absolute Gasteiger partial charge is 0.497 e. The van der Waals surface area contributed by atoms with Crippen molar-refractivity contribution < 1.29 is 14.5 Å². The molecule has 0 saturated carbocycles. The lowest BCUT2D eigenvalue weighted by Crippen LogP contribution is -2.47. The second-order valence-electron chi connectivity index (χ2n) is 8.43. The number of nitro benzene ring substituents is 1. The Morgan fingerprint density at radius 3 is 2.51 bits per heavy atom. The van der Waals surface area contributed by atoms with E-state index in [-0.39, 0.29) is 17.6 Å². The molecular formula is C26H25Cl2N3O4. The maximum atomic E-state index is 13.6. The normalized spacial score (nSPS) is 14.5. The van der Waals surface area contributed by atoms with Gasteiger partial charge in [0.05, 0.1) is 12.0 Å².